The Morgan fingerprint density at radius 3 is 2.41 bits per heavy atom. The molecule has 0 bridgehead atoms. The predicted octanol–water partition coefficient (Wildman–Crippen LogP) is 2.46. The molecule has 0 saturated carbocycles. The summed E-state index contributed by atoms with van der Waals surface area (Å²) in [7, 11) is -0.545. The van der Waals surface area contributed by atoms with Gasteiger partial charge in [-0.3, -0.25) is 4.79 Å². The van der Waals surface area contributed by atoms with Crippen molar-refractivity contribution in [3.05, 3.63) is 65.2 Å². The van der Waals surface area contributed by atoms with Crippen molar-refractivity contribution in [2.24, 2.45) is 0 Å². The lowest BCUT2D eigenvalue weighted by Gasteiger charge is -2.34. The fraction of sp³-hybridized carbons (Fsp3) is 0.350. The van der Waals surface area contributed by atoms with Crippen LogP contribution in [0.4, 0.5) is 0 Å². The van der Waals surface area contributed by atoms with E-state index in [9.17, 15) is 13.2 Å². The molecule has 0 aromatic heterocycles. The molecule has 0 aliphatic carbocycles. The summed E-state index contributed by atoms with van der Waals surface area (Å²) in [5.74, 6) is -0.120. The highest BCUT2D eigenvalue weighted by Gasteiger charge is 2.27. The Labute approximate surface area is 160 Å². The molecule has 0 N–H and O–H groups in total. The van der Waals surface area contributed by atoms with E-state index in [1.165, 1.54) is 26.2 Å². The average Bonchev–Trinajstić information content (AvgIpc) is 2.68. The third kappa shape index (κ3) is 4.05. The van der Waals surface area contributed by atoms with Gasteiger partial charge in [0.15, 0.2) is 0 Å². The molecule has 144 valence electrons. The smallest absolute Gasteiger partial charge is 0.254 e. The first-order valence-electron chi connectivity index (χ1n) is 8.79. The Kier molecular flexibility index (Phi) is 5.64. The third-order valence-electron chi connectivity index (χ3n) is 4.77. The van der Waals surface area contributed by atoms with E-state index in [0.717, 1.165) is 15.4 Å². The molecule has 2 aromatic rings. The van der Waals surface area contributed by atoms with Crippen LogP contribution in [0.5, 0.6) is 0 Å². The third-order valence-corrected chi connectivity index (χ3v) is 6.60. The maximum absolute atomic E-state index is 12.9. The van der Waals surface area contributed by atoms with Gasteiger partial charge in [0.2, 0.25) is 10.0 Å². The van der Waals surface area contributed by atoms with Gasteiger partial charge < -0.3 is 9.64 Å². The largest absolute Gasteiger partial charge is 0.370 e. The van der Waals surface area contributed by atoms with Crippen molar-refractivity contribution in [2.45, 2.75) is 17.9 Å². The van der Waals surface area contributed by atoms with Crippen molar-refractivity contribution in [3.8, 4) is 0 Å². The van der Waals surface area contributed by atoms with Crippen molar-refractivity contribution in [2.75, 3.05) is 33.8 Å². The summed E-state index contributed by atoms with van der Waals surface area (Å²) in [6, 6.07) is 14.1. The van der Waals surface area contributed by atoms with Crippen molar-refractivity contribution >= 4 is 15.9 Å². The van der Waals surface area contributed by atoms with E-state index in [2.05, 4.69) is 0 Å². The molecular formula is C20H24N2O4S. The number of hydrogen-bond acceptors (Lipinski definition) is 4. The van der Waals surface area contributed by atoms with Gasteiger partial charge in [0.1, 0.15) is 6.10 Å². The van der Waals surface area contributed by atoms with Gasteiger partial charge in [-0.25, -0.2) is 12.7 Å². The van der Waals surface area contributed by atoms with E-state index in [-0.39, 0.29) is 16.9 Å². The minimum absolute atomic E-state index is 0.120. The lowest BCUT2D eigenvalue weighted by molar-refractivity contribution is -0.0230. The molecule has 6 nitrogen and oxygen atoms in total. The molecule has 7 heteroatoms. The van der Waals surface area contributed by atoms with Crippen LogP contribution in [0.3, 0.4) is 0 Å². The molecule has 3 rings (SSSR count). The number of nitrogens with zero attached hydrogens (tertiary/aromatic N) is 2. The van der Waals surface area contributed by atoms with Gasteiger partial charge >= 0.3 is 0 Å². The monoisotopic (exact) mass is 388 g/mol. The first kappa shape index (κ1) is 19.5. The Bertz CT molecular complexity index is 923. The number of hydrogen-bond donors (Lipinski definition) is 0. The zero-order valence-electron chi connectivity index (χ0n) is 15.8. The van der Waals surface area contributed by atoms with E-state index in [4.69, 9.17) is 4.74 Å². The maximum atomic E-state index is 12.9. The summed E-state index contributed by atoms with van der Waals surface area (Å²) in [6.45, 7) is 3.49. The number of sulfonamides is 1. The second-order valence-corrected chi connectivity index (χ2v) is 8.93. The number of aryl methyl sites for hydroxylation is 1. The zero-order chi connectivity index (χ0) is 19.6. The maximum Gasteiger partial charge on any atom is 0.254 e. The number of carbonyl (C=O) groups excluding carboxylic acids is 1. The molecule has 1 unspecified atom stereocenters. The van der Waals surface area contributed by atoms with Crippen LogP contribution in [0.25, 0.3) is 0 Å². The molecule has 27 heavy (non-hydrogen) atoms. The van der Waals surface area contributed by atoms with Crippen LogP contribution >= 0.6 is 0 Å². The first-order chi connectivity index (χ1) is 12.8. The molecule has 1 aliphatic rings. The van der Waals surface area contributed by atoms with Crippen LogP contribution < -0.4 is 0 Å². The Morgan fingerprint density at radius 1 is 1.11 bits per heavy atom. The normalized spacial score (nSPS) is 17.9. The predicted molar refractivity (Wildman–Crippen MR) is 103 cm³/mol. The van der Waals surface area contributed by atoms with Crippen molar-refractivity contribution in [1.82, 2.24) is 9.21 Å². The van der Waals surface area contributed by atoms with Gasteiger partial charge in [0, 0.05) is 26.2 Å². The van der Waals surface area contributed by atoms with E-state index in [0.29, 0.717) is 25.3 Å². The van der Waals surface area contributed by atoms with E-state index < -0.39 is 10.0 Å². The van der Waals surface area contributed by atoms with Crippen LogP contribution in [0, 0.1) is 6.92 Å². The SMILES string of the molecule is Cc1ccccc1C1CN(C(=O)c2ccc(S(=O)(=O)N(C)C)cc2)CCO1. The second kappa shape index (κ2) is 7.80. The van der Waals surface area contributed by atoms with E-state index in [1.54, 1.807) is 17.0 Å². The number of morpholine rings is 1. The Hall–Kier alpha value is -2.22. The molecule has 1 fully saturated rings. The average molecular weight is 388 g/mol. The highest BCUT2D eigenvalue weighted by molar-refractivity contribution is 7.89. The van der Waals surface area contributed by atoms with E-state index >= 15 is 0 Å². The van der Waals surface area contributed by atoms with Gasteiger partial charge in [-0.15, -0.1) is 0 Å². The Morgan fingerprint density at radius 2 is 1.78 bits per heavy atom. The lowest BCUT2D eigenvalue weighted by atomic mass is 10.0. The zero-order valence-corrected chi connectivity index (χ0v) is 16.6. The fourth-order valence-corrected chi connectivity index (χ4v) is 4.03. The molecule has 1 saturated heterocycles. The van der Waals surface area contributed by atoms with Crippen molar-refractivity contribution in [1.29, 1.82) is 0 Å². The quantitative estimate of drug-likeness (QED) is 0.807. The summed E-state index contributed by atoms with van der Waals surface area (Å²) in [5, 5.41) is 0. The lowest BCUT2D eigenvalue weighted by Crippen LogP contribution is -2.42. The topological polar surface area (TPSA) is 66.9 Å². The number of rotatable bonds is 4. The molecule has 1 aliphatic heterocycles. The molecule has 1 amide bonds. The van der Waals surface area contributed by atoms with Gasteiger partial charge in [-0.2, -0.15) is 0 Å². The van der Waals surface area contributed by atoms with Gasteiger partial charge in [0.25, 0.3) is 5.91 Å². The molecule has 1 atom stereocenters. The second-order valence-electron chi connectivity index (χ2n) is 6.78. The molecule has 0 radical (unpaired) electrons. The molecular weight excluding hydrogens is 364 g/mol. The van der Waals surface area contributed by atoms with Crippen molar-refractivity contribution in [3.63, 3.8) is 0 Å². The number of carbonyl (C=O) groups is 1. The first-order valence-corrected chi connectivity index (χ1v) is 10.2. The fourth-order valence-electron chi connectivity index (χ4n) is 3.13. The highest BCUT2D eigenvalue weighted by atomic mass is 32.2. The summed E-state index contributed by atoms with van der Waals surface area (Å²) < 4.78 is 31.3. The Balaban J connectivity index is 1.77. The summed E-state index contributed by atoms with van der Waals surface area (Å²) >= 11 is 0. The van der Waals surface area contributed by atoms with Gasteiger partial charge in [-0.05, 0) is 42.3 Å². The van der Waals surface area contributed by atoms with Crippen LogP contribution in [0.15, 0.2) is 53.4 Å². The number of amides is 1. The van der Waals surface area contributed by atoms with Gasteiger partial charge in [0.05, 0.1) is 18.0 Å². The molecule has 0 spiro atoms. The van der Waals surface area contributed by atoms with Crippen LogP contribution in [0.2, 0.25) is 0 Å². The summed E-state index contributed by atoms with van der Waals surface area (Å²) in [6.07, 6.45) is -0.155. The minimum atomic E-state index is -3.51. The highest BCUT2D eigenvalue weighted by Crippen LogP contribution is 2.26. The number of ether oxygens (including phenoxy) is 1. The van der Waals surface area contributed by atoms with Crippen molar-refractivity contribution < 1.29 is 17.9 Å². The standard InChI is InChI=1S/C20H24N2O4S/c1-15-6-4-5-7-18(15)19-14-22(12-13-26-19)20(23)16-8-10-17(11-9-16)27(24,25)21(2)3/h4-11,19H,12-14H2,1-3H3. The van der Waals surface area contributed by atoms with Gasteiger partial charge in [-0.1, -0.05) is 24.3 Å². The summed E-state index contributed by atoms with van der Waals surface area (Å²) in [4.78, 5) is 14.8. The van der Waals surface area contributed by atoms with E-state index in [1.807, 2.05) is 31.2 Å². The minimum Gasteiger partial charge on any atom is -0.370 e. The van der Waals surface area contributed by atoms with Crippen LogP contribution in [-0.4, -0.2) is 57.3 Å². The van der Waals surface area contributed by atoms with Crippen LogP contribution in [-0.2, 0) is 14.8 Å². The molecule has 1 heterocycles. The number of benzene rings is 2. The van der Waals surface area contributed by atoms with Crippen LogP contribution in [0.1, 0.15) is 27.6 Å². The summed E-state index contributed by atoms with van der Waals surface area (Å²) in [5.41, 5.74) is 2.69. The molecule has 2 aromatic carbocycles.